The maximum atomic E-state index is 12.7. The van der Waals surface area contributed by atoms with Crippen LogP contribution in [0.15, 0.2) is 22.8 Å². The maximum Gasteiger partial charge on any atom is 0.282 e. The highest BCUT2D eigenvalue weighted by Crippen LogP contribution is 2.31. The van der Waals surface area contributed by atoms with Gasteiger partial charge in [0.2, 0.25) is 0 Å². The second kappa shape index (κ2) is 7.40. The number of hydrogen-bond donors (Lipinski definition) is 1. The number of hydrogen-bond acceptors (Lipinski definition) is 4. The molecule has 1 N–H and O–H groups in total. The second-order valence-electron chi connectivity index (χ2n) is 5.39. The van der Waals surface area contributed by atoms with Gasteiger partial charge >= 0.3 is 0 Å². The molecule has 1 aromatic rings. The largest absolute Gasteiger partial charge is 0.468 e. The zero-order chi connectivity index (χ0) is 15.3. The third-order valence-corrected chi connectivity index (χ3v) is 5.60. The summed E-state index contributed by atoms with van der Waals surface area (Å²) < 4.78 is 33.7. The van der Waals surface area contributed by atoms with Crippen LogP contribution < -0.4 is 5.32 Å². The standard InChI is InChI=1S/C14H25N3O3S/c1-3-15-9-5-10-16(2)21(18,19)17(13-7-8-13)12-14-6-4-11-20-14/h4,6,11,13,15H,3,5,7-10,12H2,1-2H3. The molecule has 0 aliphatic heterocycles. The van der Waals surface area contributed by atoms with E-state index in [1.54, 1.807) is 23.7 Å². The Hall–Kier alpha value is -0.890. The molecule has 1 heterocycles. The Morgan fingerprint density at radius 2 is 2.19 bits per heavy atom. The summed E-state index contributed by atoms with van der Waals surface area (Å²) >= 11 is 0. The molecule has 0 aromatic carbocycles. The van der Waals surface area contributed by atoms with Crippen LogP contribution in [-0.2, 0) is 16.8 Å². The quantitative estimate of drug-likeness (QED) is 0.663. The summed E-state index contributed by atoms with van der Waals surface area (Å²) in [5, 5.41) is 3.21. The van der Waals surface area contributed by atoms with Gasteiger partial charge in [0.1, 0.15) is 5.76 Å². The van der Waals surface area contributed by atoms with Crippen molar-refractivity contribution in [3.05, 3.63) is 24.2 Å². The highest BCUT2D eigenvalue weighted by atomic mass is 32.2. The third-order valence-electron chi connectivity index (χ3n) is 3.61. The minimum Gasteiger partial charge on any atom is -0.468 e. The summed E-state index contributed by atoms with van der Waals surface area (Å²) in [7, 11) is -1.77. The third kappa shape index (κ3) is 4.54. The second-order valence-corrected chi connectivity index (χ2v) is 7.38. The topological polar surface area (TPSA) is 65.8 Å². The first-order valence-corrected chi connectivity index (χ1v) is 8.91. The molecular formula is C14H25N3O3S. The van der Waals surface area contributed by atoms with Crippen LogP contribution in [0.5, 0.6) is 0 Å². The van der Waals surface area contributed by atoms with Crippen LogP contribution in [0, 0.1) is 0 Å². The van der Waals surface area contributed by atoms with Gasteiger partial charge in [-0.25, -0.2) is 0 Å². The van der Waals surface area contributed by atoms with E-state index in [1.165, 1.54) is 4.31 Å². The normalized spacial score (nSPS) is 16.0. The van der Waals surface area contributed by atoms with E-state index < -0.39 is 10.2 Å². The van der Waals surface area contributed by atoms with Crippen molar-refractivity contribution in [2.24, 2.45) is 0 Å². The SMILES string of the molecule is CCNCCCN(C)S(=O)(=O)N(Cc1ccco1)C1CC1. The van der Waals surface area contributed by atoms with Gasteiger partial charge in [-0.1, -0.05) is 6.92 Å². The monoisotopic (exact) mass is 315 g/mol. The Labute approximate surface area is 127 Å². The summed E-state index contributed by atoms with van der Waals surface area (Å²) in [6, 6.07) is 3.72. The van der Waals surface area contributed by atoms with Gasteiger partial charge in [0.05, 0.1) is 12.8 Å². The molecule has 0 saturated heterocycles. The van der Waals surface area contributed by atoms with E-state index in [2.05, 4.69) is 5.32 Å². The molecule has 7 heteroatoms. The predicted octanol–water partition coefficient (Wildman–Crippen LogP) is 1.42. The average Bonchev–Trinajstić information content (AvgIpc) is 3.16. The summed E-state index contributed by atoms with van der Waals surface area (Å²) in [6.07, 6.45) is 4.26. The first-order chi connectivity index (χ1) is 10.1. The molecular weight excluding hydrogens is 290 g/mol. The first-order valence-electron chi connectivity index (χ1n) is 7.52. The molecule has 1 fully saturated rings. The number of rotatable bonds is 10. The molecule has 2 rings (SSSR count). The smallest absolute Gasteiger partial charge is 0.282 e. The van der Waals surface area contributed by atoms with Gasteiger partial charge < -0.3 is 9.73 Å². The zero-order valence-electron chi connectivity index (χ0n) is 12.8. The lowest BCUT2D eigenvalue weighted by Gasteiger charge is -2.27. The van der Waals surface area contributed by atoms with Crippen LogP contribution in [0.25, 0.3) is 0 Å². The maximum absolute atomic E-state index is 12.7. The van der Waals surface area contributed by atoms with Gasteiger partial charge in [0.15, 0.2) is 0 Å². The molecule has 120 valence electrons. The van der Waals surface area contributed by atoms with Crippen LogP contribution in [0.2, 0.25) is 0 Å². The highest BCUT2D eigenvalue weighted by Gasteiger charge is 2.39. The Balaban J connectivity index is 1.96. The Kier molecular flexibility index (Phi) is 5.80. The molecule has 1 aliphatic carbocycles. The number of furan rings is 1. The fourth-order valence-corrected chi connectivity index (χ4v) is 3.81. The van der Waals surface area contributed by atoms with Crippen molar-refractivity contribution in [1.29, 1.82) is 0 Å². The molecule has 0 radical (unpaired) electrons. The lowest BCUT2D eigenvalue weighted by Crippen LogP contribution is -2.43. The summed E-state index contributed by atoms with van der Waals surface area (Å²) in [5.74, 6) is 0.687. The van der Waals surface area contributed by atoms with E-state index >= 15 is 0 Å². The van der Waals surface area contributed by atoms with E-state index in [0.29, 0.717) is 18.8 Å². The number of nitrogens with one attached hydrogen (secondary N) is 1. The molecule has 6 nitrogen and oxygen atoms in total. The molecule has 0 atom stereocenters. The minimum atomic E-state index is -3.42. The fourth-order valence-electron chi connectivity index (χ4n) is 2.22. The summed E-state index contributed by atoms with van der Waals surface area (Å²) in [4.78, 5) is 0. The molecule has 0 spiro atoms. The fraction of sp³-hybridized carbons (Fsp3) is 0.714. The Bertz CT molecular complexity index is 512. The average molecular weight is 315 g/mol. The lowest BCUT2D eigenvalue weighted by atomic mass is 10.4. The predicted molar refractivity (Wildman–Crippen MR) is 82.0 cm³/mol. The Morgan fingerprint density at radius 1 is 1.43 bits per heavy atom. The highest BCUT2D eigenvalue weighted by molar-refractivity contribution is 7.86. The van der Waals surface area contributed by atoms with E-state index in [-0.39, 0.29) is 6.04 Å². The zero-order valence-corrected chi connectivity index (χ0v) is 13.6. The lowest BCUT2D eigenvalue weighted by molar-refractivity contribution is 0.322. The molecule has 1 saturated carbocycles. The van der Waals surface area contributed by atoms with Crippen LogP contribution in [0.3, 0.4) is 0 Å². The molecule has 1 aromatic heterocycles. The van der Waals surface area contributed by atoms with Gasteiger partial charge in [-0.15, -0.1) is 0 Å². The van der Waals surface area contributed by atoms with Crippen LogP contribution in [0.1, 0.15) is 31.9 Å². The van der Waals surface area contributed by atoms with Crippen LogP contribution in [-0.4, -0.2) is 49.8 Å². The van der Waals surface area contributed by atoms with E-state index in [1.807, 2.05) is 13.0 Å². The van der Waals surface area contributed by atoms with Crippen molar-refractivity contribution in [1.82, 2.24) is 13.9 Å². The van der Waals surface area contributed by atoms with Gasteiger partial charge in [0.25, 0.3) is 10.2 Å². The number of nitrogens with zero attached hydrogens (tertiary/aromatic N) is 2. The molecule has 0 unspecified atom stereocenters. The van der Waals surface area contributed by atoms with Crippen molar-refractivity contribution >= 4 is 10.2 Å². The first kappa shape index (κ1) is 16.5. The van der Waals surface area contributed by atoms with Gasteiger partial charge in [-0.3, -0.25) is 0 Å². The summed E-state index contributed by atoms with van der Waals surface area (Å²) in [5.41, 5.74) is 0. The van der Waals surface area contributed by atoms with Crippen molar-refractivity contribution in [2.75, 3.05) is 26.7 Å². The van der Waals surface area contributed by atoms with Gasteiger partial charge in [-0.05, 0) is 44.5 Å². The summed E-state index contributed by atoms with van der Waals surface area (Å²) in [6.45, 7) is 4.62. The van der Waals surface area contributed by atoms with Crippen molar-refractivity contribution < 1.29 is 12.8 Å². The van der Waals surface area contributed by atoms with E-state index in [4.69, 9.17) is 4.42 Å². The minimum absolute atomic E-state index is 0.122. The van der Waals surface area contributed by atoms with E-state index in [0.717, 1.165) is 32.4 Å². The molecule has 21 heavy (non-hydrogen) atoms. The van der Waals surface area contributed by atoms with Crippen molar-refractivity contribution in [3.63, 3.8) is 0 Å². The van der Waals surface area contributed by atoms with Crippen LogP contribution in [0.4, 0.5) is 0 Å². The van der Waals surface area contributed by atoms with Crippen molar-refractivity contribution in [3.8, 4) is 0 Å². The van der Waals surface area contributed by atoms with Crippen LogP contribution >= 0.6 is 0 Å². The van der Waals surface area contributed by atoms with Gasteiger partial charge in [0, 0.05) is 19.6 Å². The van der Waals surface area contributed by atoms with E-state index in [9.17, 15) is 8.42 Å². The van der Waals surface area contributed by atoms with Crippen molar-refractivity contribution in [2.45, 2.75) is 38.8 Å². The Morgan fingerprint density at radius 3 is 2.76 bits per heavy atom. The molecule has 1 aliphatic rings. The van der Waals surface area contributed by atoms with Gasteiger partial charge in [-0.2, -0.15) is 17.0 Å². The molecule has 0 bridgehead atoms. The molecule has 0 amide bonds.